The monoisotopic (exact) mass is 458 g/mol. The molecule has 0 atom stereocenters. The van der Waals surface area contributed by atoms with E-state index < -0.39 is 0 Å². The Morgan fingerprint density at radius 1 is 0.970 bits per heavy atom. The van der Waals surface area contributed by atoms with Crippen LogP contribution in [0.15, 0.2) is 66.4 Å². The number of fused-ring (bicyclic) bond motifs is 2. The summed E-state index contributed by atoms with van der Waals surface area (Å²) in [5, 5.41) is 0.763. The molecule has 0 unspecified atom stereocenters. The van der Waals surface area contributed by atoms with Crippen molar-refractivity contribution in [2.75, 3.05) is 19.7 Å². The molecule has 1 aromatic heterocycles. The van der Waals surface area contributed by atoms with E-state index in [1.165, 1.54) is 33.4 Å². The SMILES string of the molecule is CCOC(=O)N1CCC(=C2c3ccc(Cl)cc3CCc3cc(-c4ccccc4)cnc32)CC1. The normalized spacial score (nSPS) is 15.5. The topological polar surface area (TPSA) is 42.4 Å². The zero-order chi connectivity index (χ0) is 22.8. The second kappa shape index (κ2) is 9.40. The summed E-state index contributed by atoms with van der Waals surface area (Å²) in [5.74, 6) is 0. The van der Waals surface area contributed by atoms with Crippen LogP contribution in [0.25, 0.3) is 16.7 Å². The van der Waals surface area contributed by atoms with Crippen molar-refractivity contribution in [3.8, 4) is 11.1 Å². The number of ether oxygens (including phenoxy) is 1. The van der Waals surface area contributed by atoms with Gasteiger partial charge in [-0.25, -0.2) is 4.79 Å². The third kappa shape index (κ3) is 4.40. The van der Waals surface area contributed by atoms with Gasteiger partial charge in [-0.2, -0.15) is 0 Å². The lowest BCUT2D eigenvalue weighted by atomic mass is 9.88. The van der Waals surface area contributed by atoms with Gasteiger partial charge in [0.2, 0.25) is 0 Å². The van der Waals surface area contributed by atoms with Crippen molar-refractivity contribution < 1.29 is 9.53 Å². The highest BCUT2D eigenvalue weighted by Gasteiger charge is 2.27. The molecule has 5 rings (SSSR count). The summed E-state index contributed by atoms with van der Waals surface area (Å²) >= 11 is 6.37. The van der Waals surface area contributed by atoms with Crippen LogP contribution in [-0.4, -0.2) is 35.7 Å². The first kappa shape index (κ1) is 21.7. The van der Waals surface area contributed by atoms with Crippen LogP contribution in [-0.2, 0) is 17.6 Å². The summed E-state index contributed by atoms with van der Waals surface area (Å²) in [7, 11) is 0. The molecule has 1 amide bonds. The molecule has 1 aliphatic carbocycles. The number of aromatic nitrogens is 1. The Kier molecular flexibility index (Phi) is 6.19. The summed E-state index contributed by atoms with van der Waals surface area (Å²) in [5.41, 5.74) is 9.69. The highest BCUT2D eigenvalue weighted by atomic mass is 35.5. The predicted molar refractivity (Wildman–Crippen MR) is 132 cm³/mol. The van der Waals surface area contributed by atoms with Crippen molar-refractivity contribution in [3.05, 3.63) is 93.8 Å². The molecule has 1 aliphatic heterocycles. The molecule has 1 fully saturated rings. The Morgan fingerprint density at radius 2 is 1.73 bits per heavy atom. The summed E-state index contributed by atoms with van der Waals surface area (Å²) in [6.45, 7) is 3.57. The number of carbonyl (C=O) groups is 1. The van der Waals surface area contributed by atoms with Crippen molar-refractivity contribution in [3.63, 3.8) is 0 Å². The molecule has 4 nitrogen and oxygen atoms in total. The maximum atomic E-state index is 12.2. The van der Waals surface area contributed by atoms with Gasteiger partial charge in [0.05, 0.1) is 12.3 Å². The average molecular weight is 459 g/mol. The zero-order valence-corrected chi connectivity index (χ0v) is 19.6. The van der Waals surface area contributed by atoms with Gasteiger partial charge in [0.1, 0.15) is 0 Å². The standard InChI is InChI=1S/C28H27ClN2O2/c1-2-33-28(32)31-14-12-20(13-15-31)26-25-11-10-24(29)17-21(25)8-9-22-16-23(18-30-27(22)26)19-6-4-3-5-7-19/h3-7,10-11,16-18H,2,8-9,12-15H2,1H3. The number of rotatable bonds is 2. The molecule has 2 aromatic carbocycles. The summed E-state index contributed by atoms with van der Waals surface area (Å²) in [6.07, 6.45) is 5.25. The molecule has 2 aliphatic rings. The number of nitrogens with zero attached hydrogens (tertiary/aromatic N) is 2. The second-order valence-electron chi connectivity index (χ2n) is 8.56. The van der Waals surface area contributed by atoms with Gasteiger partial charge in [0.25, 0.3) is 0 Å². The van der Waals surface area contributed by atoms with E-state index in [1.54, 1.807) is 4.90 Å². The van der Waals surface area contributed by atoms with Gasteiger partial charge < -0.3 is 9.64 Å². The molecule has 0 saturated carbocycles. The van der Waals surface area contributed by atoms with E-state index in [-0.39, 0.29) is 6.09 Å². The van der Waals surface area contributed by atoms with Crippen LogP contribution in [0.3, 0.4) is 0 Å². The van der Waals surface area contributed by atoms with Gasteiger partial charge >= 0.3 is 6.09 Å². The first-order valence-electron chi connectivity index (χ1n) is 11.6. The fourth-order valence-corrected chi connectivity index (χ4v) is 5.10. The Labute approximate surface area is 199 Å². The molecule has 0 bridgehead atoms. The summed E-state index contributed by atoms with van der Waals surface area (Å²) in [4.78, 5) is 19.0. The number of carbonyl (C=O) groups excluding carboxylic acids is 1. The summed E-state index contributed by atoms with van der Waals surface area (Å²) < 4.78 is 5.21. The molecule has 33 heavy (non-hydrogen) atoms. The Morgan fingerprint density at radius 3 is 2.48 bits per heavy atom. The second-order valence-corrected chi connectivity index (χ2v) is 9.00. The Balaban J connectivity index is 1.58. The molecule has 168 valence electrons. The average Bonchev–Trinajstić information content (AvgIpc) is 3.01. The number of hydrogen-bond acceptors (Lipinski definition) is 3. The Hall–Kier alpha value is -3.11. The largest absolute Gasteiger partial charge is 0.450 e. The number of likely N-dealkylation sites (tertiary alicyclic amines) is 1. The fourth-order valence-electron chi connectivity index (χ4n) is 4.91. The number of amides is 1. The van der Waals surface area contributed by atoms with Crippen molar-refractivity contribution in [1.29, 1.82) is 0 Å². The van der Waals surface area contributed by atoms with Crippen molar-refractivity contribution in [2.45, 2.75) is 32.6 Å². The smallest absolute Gasteiger partial charge is 0.409 e. The van der Waals surface area contributed by atoms with E-state index in [9.17, 15) is 4.79 Å². The molecule has 5 heteroatoms. The van der Waals surface area contributed by atoms with Gasteiger partial charge in [-0.1, -0.05) is 53.6 Å². The van der Waals surface area contributed by atoms with Crippen molar-refractivity contribution in [2.24, 2.45) is 0 Å². The molecular weight excluding hydrogens is 432 g/mol. The van der Waals surface area contributed by atoms with E-state index in [2.05, 4.69) is 42.5 Å². The highest BCUT2D eigenvalue weighted by Crippen LogP contribution is 2.39. The van der Waals surface area contributed by atoms with E-state index in [4.69, 9.17) is 21.3 Å². The fraction of sp³-hybridized carbons (Fsp3) is 0.286. The molecule has 3 aromatic rings. The third-order valence-corrected chi connectivity index (χ3v) is 6.79. The van der Waals surface area contributed by atoms with E-state index >= 15 is 0 Å². The molecule has 2 heterocycles. The van der Waals surface area contributed by atoms with Gasteiger partial charge in [-0.3, -0.25) is 4.98 Å². The zero-order valence-electron chi connectivity index (χ0n) is 18.8. The number of halogens is 1. The minimum atomic E-state index is -0.222. The molecule has 0 radical (unpaired) electrons. The van der Waals surface area contributed by atoms with Crippen LogP contribution in [0, 0.1) is 0 Å². The number of hydrogen-bond donors (Lipinski definition) is 0. The van der Waals surface area contributed by atoms with E-state index in [0.29, 0.717) is 19.7 Å². The lowest BCUT2D eigenvalue weighted by Gasteiger charge is -2.29. The van der Waals surface area contributed by atoms with Gasteiger partial charge in [-0.15, -0.1) is 0 Å². The minimum absolute atomic E-state index is 0.222. The third-order valence-electron chi connectivity index (χ3n) is 6.56. The molecule has 0 N–H and O–H groups in total. The lowest BCUT2D eigenvalue weighted by molar-refractivity contribution is 0.104. The number of aryl methyl sites for hydroxylation is 2. The lowest BCUT2D eigenvalue weighted by Crippen LogP contribution is -2.37. The molecule has 1 saturated heterocycles. The quantitative estimate of drug-likeness (QED) is 0.437. The van der Waals surface area contributed by atoms with Crippen LogP contribution in [0.2, 0.25) is 5.02 Å². The first-order chi connectivity index (χ1) is 16.1. The van der Waals surface area contributed by atoms with Crippen LogP contribution in [0.1, 0.15) is 42.1 Å². The molecule has 0 spiro atoms. The van der Waals surface area contributed by atoms with Gasteiger partial charge in [-0.05, 0) is 73.1 Å². The van der Waals surface area contributed by atoms with Gasteiger partial charge in [0, 0.05) is 35.4 Å². The van der Waals surface area contributed by atoms with Crippen LogP contribution < -0.4 is 0 Å². The van der Waals surface area contributed by atoms with E-state index in [1.807, 2.05) is 25.3 Å². The predicted octanol–water partition coefficient (Wildman–Crippen LogP) is 6.55. The number of benzene rings is 2. The number of piperidine rings is 1. The maximum absolute atomic E-state index is 12.2. The first-order valence-corrected chi connectivity index (χ1v) is 12.0. The van der Waals surface area contributed by atoms with Gasteiger partial charge in [0.15, 0.2) is 0 Å². The maximum Gasteiger partial charge on any atom is 0.409 e. The van der Waals surface area contributed by atoms with Crippen molar-refractivity contribution in [1.82, 2.24) is 9.88 Å². The summed E-state index contributed by atoms with van der Waals surface area (Å²) in [6, 6.07) is 18.9. The molecular formula is C28H27ClN2O2. The number of pyridine rings is 1. The van der Waals surface area contributed by atoms with Crippen molar-refractivity contribution >= 4 is 23.3 Å². The van der Waals surface area contributed by atoms with E-state index in [0.717, 1.165) is 42.0 Å². The highest BCUT2D eigenvalue weighted by molar-refractivity contribution is 6.30. The van der Waals surface area contributed by atoms with Crippen LogP contribution in [0.5, 0.6) is 0 Å². The minimum Gasteiger partial charge on any atom is -0.450 e. The Bertz CT molecular complexity index is 1210. The van der Waals surface area contributed by atoms with Crippen LogP contribution in [0.4, 0.5) is 4.79 Å². The van der Waals surface area contributed by atoms with Crippen LogP contribution >= 0.6 is 11.6 Å².